The lowest BCUT2D eigenvalue weighted by molar-refractivity contribution is -0.297. The van der Waals surface area contributed by atoms with Gasteiger partial charge in [-0.15, -0.1) is 0 Å². The molecular weight excluding hydrogens is 434 g/mol. The van der Waals surface area contributed by atoms with E-state index in [0.717, 1.165) is 19.3 Å². The molecule has 2 aliphatic rings. The molecule has 1 saturated heterocycles. The highest BCUT2D eigenvalue weighted by molar-refractivity contribution is 5.69. The Morgan fingerprint density at radius 1 is 1.09 bits per heavy atom. The number of alkyl halides is 2. The van der Waals surface area contributed by atoms with Crippen LogP contribution in [0.1, 0.15) is 84.0 Å². The smallest absolute Gasteiger partial charge is 0.305 e. The first-order chi connectivity index (χ1) is 15.8. The number of methoxy groups -OCH3 is 1. The molecule has 0 aromatic carbocycles. The number of allylic oxidation sites excluding steroid dienone is 2. The Labute approximate surface area is 196 Å². The van der Waals surface area contributed by atoms with Gasteiger partial charge in [0.05, 0.1) is 32.5 Å². The Hall–Kier alpha value is -1.09. The maximum atomic E-state index is 15.2. The quantitative estimate of drug-likeness (QED) is 0.201. The second-order valence-corrected chi connectivity index (χ2v) is 9.38. The van der Waals surface area contributed by atoms with Gasteiger partial charge >= 0.3 is 11.9 Å². The molecule has 0 bridgehead atoms. The van der Waals surface area contributed by atoms with E-state index in [4.69, 9.17) is 9.47 Å². The van der Waals surface area contributed by atoms with Gasteiger partial charge in [-0.1, -0.05) is 38.3 Å². The van der Waals surface area contributed by atoms with E-state index in [1.54, 1.807) is 0 Å². The van der Waals surface area contributed by atoms with Crippen molar-refractivity contribution in [2.75, 3.05) is 20.3 Å². The number of ether oxygens (including phenoxy) is 3. The SMILES string of the molecule is CCCCCCC(F)(F)C1(CC[C@H]2C(O)CC(O)[C@@H]2C/C=C\CCCC(=O)OC)OCCO1. The minimum Gasteiger partial charge on any atom is -0.469 e. The van der Waals surface area contributed by atoms with E-state index >= 15 is 8.78 Å². The number of carbonyl (C=O) groups excluding carboxylic acids is 1. The second kappa shape index (κ2) is 13.7. The van der Waals surface area contributed by atoms with Crippen LogP contribution in [0, 0.1) is 11.8 Å². The summed E-state index contributed by atoms with van der Waals surface area (Å²) in [6, 6.07) is 0. The van der Waals surface area contributed by atoms with Crippen LogP contribution in [-0.4, -0.2) is 60.4 Å². The molecule has 2 fully saturated rings. The van der Waals surface area contributed by atoms with Gasteiger partial charge in [-0.25, -0.2) is 8.78 Å². The van der Waals surface area contributed by atoms with Crippen molar-refractivity contribution in [2.24, 2.45) is 11.8 Å². The fraction of sp³-hybridized carbons (Fsp3) is 0.880. The molecule has 0 aromatic heterocycles. The maximum Gasteiger partial charge on any atom is 0.305 e. The number of halogens is 2. The van der Waals surface area contributed by atoms with Gasteiger partial charge in [0.15, 0.2) is 0 Å². The van der Waals surface area contributed by atoms with Crippen molar-refractivity contribution in [3.8, 4) is 0 Å². The number of aliphatic hydroxyl groups excluding tert-OH is 2. The first-order valence-electron chi connectivity index (χ1n) is 12.5. The summed E-state index contributed by atoms with van der Waals surface area (Å²) in [5, 5.41) is 21.0. The van der Waals surface area contributed by atoms with E-state index in [-0.39, 0.29) is 50.3 Å². The molecule has 2 rings (SSSR count). The summed E-state index contributed by atoms with van der Waals surface area (Å²) >= 11 is 0. The van der Waals surface area contributed by atoms with E-state index in [9.17, 15) is 15.0 Å². The number of hydrogen-bond acceptors (Lipinski definition) is 6. The lowest BCUT2D eigenvalue weighted by Crippen LogP contribution is -2.49. The molecule has 1 heterocycles. The molecule has 1 saturated carbocycles. The highest BCUT2D eigenvalue weighted by atomic mass is 19.3. The Morgan fingerprint density at radius 3 is 2.45 bits per heavy atom. The van der Waals surface area contributed by atoms with Crippen molar-refractivity contribution in [1.82, 2.24) is 0 Å². The average molecular weight is 477 g/mol. The van der Waals surface area contributed by atoms with Gasteiger partial charge in [0.2, 0.25) is 5.79 Å². The second-order valence-electron chi connectivity index (χ2n) is 9.38. The van der Waals surface area contributed by atoms with Gasteiger partial charge in [0, 0.05) is 19.3 Å². The highest BCUT2D eigenvalue weighted by Gasteiger charge is 2.58. The van der Waals surface area contributed by atoms with Crippen molar-refractivity contribution >= 4 is 5.97 Å². The summed E-state index contributed by atoms with van der Waals surface area (Å²) in [5.41, 5.74) is 0. The summed E-state index contributed by atoms with van der Waals surface area (Å²) in [4.78, 5) is 11.2. The molecule has 0 amide bonds. The zero-order chi connectivity index (χ0) is 24.3. The van der Waals surface area contributed by atoms with Crippen LogP contribution in [0.2, 0.25) is 0 Å². The molecular formula is C25H42F2O6. The number of hydrogen-bond donors (Lipinski definition) is 2. The first-order valence-corrected chi connectivity index (χ1v) is 12.5. The molecule has 8 heteroatoms. The molecule has 1 aliphatic heterocycles. The Bertz CT molecular complexity index is 606. The normalized spacial score (nSPS) is 27.5. The first kappa shape index (κ1) is 28.1. The molecule has 2 N–H and O–H groups in total. The predicted octanol–water partition coefficient (Wildman–Crippen LogP) is 4.76. The van der Waals surface area contributed by atoms with Gasteiger partial charge < -0.3 is 24.4 Å². The van der Waals surface area contributed by atoms with Crippen LogP contribution in [0.15, 0.2) is 12.2 Å². The molecule has 2 unspecified atom stereocenters. The van der Waals surface area contributed by atoms with Crippen molar-refractivity contribution in [2.45, 2.75) is 108 Å². The molecule has 6 nitrogen and oxygen atoms in total. The molecule has 0 spiro atoms. The number of esters is 1. The zero-order valence-electron chi connectivity index (χ0n) is 20.1. The van der Waals surface area contributed by atoms with E-state index in [2.05, 4.69) is 4.74 Å². The fourth-order valence-electron chi connectivity index (χ4n) is 5.06. The van der Waals surface area contributed by atoms with Crippen LogP contribution in [0.3, 0.4) is 0 Å². The number of carbonyl (C=O) groups is 1. The summed E-state index contributed by atoms with van der Waals surface area (Å²) < 4.78 is 45.9. The van der Waals surface area contributed by atoms with E-state index in [1.165, 1.54) is 7.11 Å². The number of aliphatic hydroxyl groups is 2. The molecule has 0 radical (unpaired) electrons. The standard InChI is InChI=1S/C25H42F2O6/c1-3-4-5-10-14-24(26,27)25(32-16-17-33-25)15-13-20-19(21(28)18-22(20)29)11-8-6-7-9-12-23(30)31-2/h6,8,19-22,28-29H,3-5,7,9-18H2,1-2H3/b8-6-/t19-,20-,21?,22?/m1/s1. The van der Waals surface area contributed by atoms with E-state index in [1.807, 2.05) is 19.1 Å². The Morgan fingerprint density at radius 2 is 1.79 bits per heavy atom. The van der Waals surface area contributed by atoms with Crippen LogP contribution in [0.25, 0.3) is 0 Å². The third-order valence-electron chi connectivity index (χ3n) is 7.04. The van der Waals surface area contributed by atoms with Crippen LogP contribution >= 0.6 is 0 Å². The van der Waals surface area contributed by atoms with Crippen molar-refractivity contribution in [3.05, 3.63) is 12.2 Å². The van der Waals surface area contributed by atoms with Gasteiger partial charge in [-0.05, 0) is 50.4 Å². The third-order valence-corrected chi connectivity index (χ3v) is 7.04. The molecule has 4 atom stereocenters. The van der Waals surface area contributed by atoms with Crippen molar-refractivity contribution in [1.29, 1.82) is 0 Å². The summed E-state index contributed by atoms with van der Waals surface area (Å²) in [5.74, 6) is -5.81. The van der Waals surface area contributed by atoms with Crippen LogP contribution in [-0.2, 0) is 19.0 Å². The molecule has 192 valence electrons. The largest absolute Gasteiger partial charge is 0.469 e. The minimum absolute atomic E-state index is 0.0123. The van der Waals surface area contributed by atoms with Crippen molar-refractivity contribution < 1.29 is 38.0 Å². The van der Waals surface area contributed by atoms with Crippen LogP contribution in [0.4, 0.5) is 8.78 Å². The lowest BCUT2D eigenvalue weighted by Gasteiger charge is -2.37. The Balaban J connectivity index is 1.92. The molecule has 33 heavy (non-hydrogen) atoms. The predicted molar refractivity (Wildman–Crippen MR) is 121 cm³/mol. The van der Waals surface area contributed by atoms with E-state index < -0.39 is 23.9 Å². The summed E-state index contributed by atoms with van der Waals surface area (Å²) in [7, 11) is 1.36. The van der Waals surface area contributed by atoms with Gasteiger partial charge in [-0.3, -0.25) is 4.79 Å². The maximum absolute atomic E-state index is 15.2. The van der Waals surface area contributed by atoms with Crippen LogP contribution in [0.5, 0.6) is 0 Å². The zero-order valence-corrected chi connectivity index (χ0v) is 20.1. The van der Waals surface area contributed by atoms with Gasteiger partial charge in [0.1, 0.15) is 0 Å². The summed E-state index contributed by atoms with van der Waals surface area (Å²) in [6.45, 7) is 2.31. The molecule has 0 aromatic rings. The minimum atomic E-state index is -3.10. The number of unbranched alkanes of at least 4 members (excludes halogenated alkanes) is 4. The average Bonchev–Trinajstić information content (AvgIpc) is 3.37. The fourth-order valence-corrected chi connectivity index (χ4v) is 5.06. The molecule has 1 aliphatic carbocycles. The third kappa shape index (κ3) is 7.98. The summed E-state index contributed by atoms with van der Waals surface area (Å²) in [6.07, 6.45) is 8.08. The highest BCUT2D eigenvalue weighted by Crippen LogP contribution is 2.46. The van der Waals surface area contributed by atoms with E-state index in [0.29, 0.717) is 38.5 Å². The lowest BCUT2D eigenvalue weighted by atomic mass is 9.84. The Kier molecular flexibility index (Phi) is 11.7. The van der Waals surface area contributed by atoms with Crippen molar-refractivity contribution in [3.63, 3.8) is 0 Å². The monoisotopic (exact) mass is 476 g/mol. The van der Waals surface area contributed by atoms with Gasteiger partial charge in [-0.2, -0.15) is 0 Å². The topological polar surface area (TPSA) is 85.2 Å². The van der Waals surface area contributed by atoms with Crippen LogP contribution < -0.4 is 0 Å². The number of rotatable bonds is 15. The van der Waals surface area contributed by atoms with Gasteiger partial charge in [0.25, 0.3) is 0 Å².